The summed E-state index contributed by atoms with van der Waals surface area (Å²) in [5.74, 6) is 0. The third kappa shape index (κ3) is 1.62. The molecule has 1 saturated heterocycles. The van der Waals surface area contributed by atoms with Gasteiger partial charge in [-0.15, -0.1) is 0 Å². The summed E-state index contributed by atoms with van der Waals surface area (Å²) in [5, 5.41) is 0. The Morgan fingerprint density at radius 2 is 2.27 bits per heavy atom. The molecule has 1 radical (unpaired) electrons. The molecule has 1 fully saturated rings. The first-order chi connectivity index (χ1) is 5.47. The Balaban J connectivity index is 1.92. The van der Waals surface area contributed by atoms with Crippen LogP contribution in [0.25, 0.3) is 0 Å². The van der Waals surface area contributed by atoms with E-state index in [9.17, 15) is 0 Å². The van der Waals surface area contributed by atoms with E-state index >= 15 is 0 Å². The number of rotatable bonds is 1. The van der Waals surface area contributed by atoms with Crippen molar-refractivity contribution in [1.82, 2.24) is 0 Å². The molecule has 0 atom stereocenters. The molecule has 0 aromatic carbocycles. The van der Waals surface area contributed by atoms with Crippen LogP contribution < -0.4 is 0 Å². The zero-order valence-electron chi connectivity index (χ0n) is 6.51. The first kappa shape index (κ1) is 7.30. The van der Waals surface area contributed by atoms with E-state index in [1.807, 2.05) is 0 Å². The lowest BCUT2D eigenvalue weighted by Gasteiger charge is -2.18. The van der Waals surface area contributed by atoms with E-state index in [0.717, 1.165) is 25.3 Å². The van der Waals surface area contributed by atoms with Crippen LogP contribution in [0.4, 0.5) is 0 Å². The quantitative estimate of drug-likeness (QED) is 0.544. The summed E-state index contributed by atoms with van der Waals surface area (Å²) in [4.78, 5) is 4.27. The number of hydrogen-bond acceptors (Lipinski definition) is 3. The van der Waals surface area contributed by atoms with Crippen molar-refractivity contribution in [3.63, 3.8) is 0 Å². The molecule has 0 spiro atoms. The molecule has 0 unspecified atom stereocenters. The molecule has 3 nitrogen and oxygen atoms in total. The van der Waals surface area contributed by atoms with Gasteiger partial charge >= 0.3 is 9.04 Å². The first-order valence-electron chi connectivity index (χ1n) is 4.13. The third-order valence-electron chi connectivity index (χ3n) is 1.90. The van der Waals surface area contributed by atoms with Crippen LogP contribution in [0.5, 0.6) is 0 Å². The number of hydrogen-bond donors (Lipinski definition) is 0. The lowest BCUT2D eigenvalue weighted by molar-refractivity contribution is 0.282. The van der Waals surface area contributed by atoms with E-state index in [0.29, 0.717) is 0 Å². The van der Waals surface area contributed by atoms with E-state index in [1.165, 1.54) is 18.9 Å². The maximum Gasteiger partial charge on any atom is 0.315 e. The fraction of sp³-hybridized carbons (Fsp3) is 0.857. The van der Waals surface area contributed by atoms with Crippen molar-refractivity contribution in [1.29, 1.82) is 0 Å². The van der Waals surface area contributed by atoms with Crippen molar-refractivity contribution in [2.75, 3.05) is 19.8 Å². The summed E-state index contributed by atoms with van der Waals surface area (Å²) in [6.45, 7) is 2.52. The molecule has 0 saturated carbocycles. The largest absolute Gasteiger partial charge is 0.481 e. The topological polar surface area (TPSA) is 30.8 Å². The molecule has 0 aromatic rings. The highest BCUT2D eigenvalue weighted by Crippen LogP contribution is 2.14. The van der Waals surface area contributed by atoms with Gasteiger partial charge in [0, 0.05) is 6.61 Å². The minimum Gasteiger partial charge on any atom is -0.481 e. The molecule has 0 aromatic heterocycles. The lowest BCUT2D eigenvalue weighted by Crippen LogP contribution is -2.33. The second-order valence-corrected chi connectivity index (χ2v) is 4.83. The molecule has 61 valence electrons. The fourth-order valence-corrected chi connectivity index (χ4v) is 3.32. The number of ether oxygens (including phenoxy) is 1. The smallest absolute Gasteiger partial charge is 0.315 e. The highest BCUT2D eigenvalue weighted by Gasteiger charge is 2.27. The van der Waals surface area contributed by atoms with E-state index < -0.39 is 9.04 Å². The predicted molar refractivity (Wildman–Crippen MR) is 44.0 cm³/mol. The monoisotopic (exact) mass is 170 g/mol. The molecule has 0 aliphatic carbocycles. The summed E-state index contributed by atoms with van der Waals surface area (Å²) in [5.41, 5.74) is 0.940. The average molecular weight is 170 g/mol. The molecular weight excluding hydrogens is 158 g/mol. The summed E-state index contributed by atoms with van der Waals surface area (Å²) < 4.78 is 11.0. The van der Waals surface area contributed by atoms with Crippen molar-refractivity contribution >= 4 is 14.6 Å². The average Bonchev–Trinajstić information content (AvgIpc) is 2.58. The normalized spacial score (nSPS) is 26.4. The molecular formula is C7H12NO2Si. The van der Waals surface area contributed by atoms with Crippen LogP contribution in [0, 0.1) is 0 Å². The Labute approximate surface area is 68.1 Å². The predicted octanol–water partition coefficient (Wildman–Crippen LogP) is 0.756. The highest BCUT2D eigenvalue weighted by atomic mass is 28.3. The van der Waals surface area contributed by atoms with Crippen molar-refractivity contribution < 1.29 is 9.16 Å². The first-order valence-corrected chi connectivity index (χ1v) is 5.74. The molecule has 0 N–H and O–H groups in total. The molecule has 0 amide bonds. The van der Waals surface area contributed by atoms with Gasteiger partial charge in [-0.2, -0.15) is 0 Å². The molecule has 0 bridgehead atoms. The summed E-state index contributed by atoms with van der Waals surface area (Å²) in [7, 11) is -0.798. The lowest BCUT2D eigenvalue weighted by atomic mass is 10.4. The van der Waals surface area contributed by atoms with Gasteiger partial charge in [-0.1, -0.05) is 6.42 Å². The second-order valence-electron chi connectivity index (χ2n) is 2.76. The van der Waals surface area contributed by atoms with Gasteiger partial charge in [-0.25, -0.2) is 0 Å². The van der Waals surface area contributed by atoms with Gasteiger partial charge in [-0.05, 0) is 12.5 Å². The summed E-state index contributed by atoms with van der Waals surface area (Å²) in [6, 6.07) is 1.18. The van der Waals surface area contributed by atoms with Crippen LogP contribution in [0.3, 0.4) is 0 Å². The maximum absolute atomic E-state index is 5.61. The van der Waals surface area contributed by atoms with Crippen LogP contribution in [0.1, 0.15) is 12.8 Å². The molecule has 2 heterocycles. The maximum atomic E-state index is 5.61. The highest BCUT2D eigenvalue weighted by molar-refractivity contribution is 6.85. The minimum absolute atomic E-state index is 0.771. The van der Waals surface area contributed by atoms with Gasteiger partial charge in [0.1, 0.15) is 6.61 Å². The Morgan fingerprint density at radius 1 is 1.27 bits per heavy atom. The van der Waals surface area contributed by atoms with Gasteiger partial charge in [0.2, 0.25) is 0 Å². The van der Waals surface area contributed by atoms with Gasteiger partial charge in [0.15, 0.2) is 5.52 Å². The van der Waals surface area contributed by atoms with Crippen LogP contribution in [-0.2, 0) is 9.16 Å². The summed E-state index contributed by atoms with van der Waals surface area (Å²) in [6.07, 6.45) is 2.50. The van der Waals surface area contributed by atoms with Gasteiger partial charge in [-0.3, -0.25) is 4.99 Å². The van der Waals surface area contributed by atoms with Crippen molar-refractivity contribution in [2.45, 2.75) is 18.9 Å². The molecule has 11 heavy (non-hydrogen) atoms. The van der Waals surface area contributed by atoms with Crippen LogP contribution in [-0.4, -0.2) is 34.3 Å². The zero-order chi connectivity index (χ0) is 7.52. The van der Waals surface area contributed by atoms with E-state index in [2.05, 4.69) is 4.99 Å². The van der Waals surface area contributed by atoms with Crippen LogP contribution in [0.2, 0.25) is 6.04 Å². The third-order valence-corrected chi connectivity index (χ3v) is 4.04. The second kappa shape index (κ2) is 3.36. The van der Waals surface area contributed by atoms with Gasteiger partial charge in [0.05, 0.1) is 6.54 Å². The Hall–Kier alpha value is -0.353. The van der Waals surface area contributed by atoms with Crippen LogP contribution >= 0.6 is 0 Å². The fourth-order valence-electron chi connectivity index (χ4n) is 1.33. The molecule has 2 aliphatic rings. The van der Waals surface area contributed by atoms with E-state index in [1.54, 1.807) is 0 Å². The Morgan fingerprint density at radius 3 is 2.91 bits per heavy atom. The summed E-state index contributed by atoms with van der Waals surface area (Å²) >= 11 is 0. The number of aliphatic imine (C=N–C) groups is 1. The van der Waals surface area contributed by atoms with Crippen molar-refractivity contribution in [3.05, 3.63) is 0 Å². The van der Waals surface area contributed by atoms with Crippen molar-refractivity contribution in [2.24, 2.45) is 4.99 Å². The van der Waals surface area contributed by atoms with Crippen LogP contribution in [0.15, 0.2) is 4.99 Å². The SMILES string of the molecule is C1CC[Si](C2=NCCO2)OC1. The zero-order valence-corrected chi connectivity index (χ0v) is 7.51. The van der Waals surface area contributed by atoms with Gasteiger partial charge in [0.25, 0.3) is 0 Å². The minimum atomic E-state index is -0.798. The van der Waals surface area contributed by atoms with E-state index in [-0.39, 0.29) is 0 Å². The standard InChI is InChI=1S/C7H12NO2Si/c1-2-6-11(10-4-1)7-8-3-5-9-7/h1-6H2. The Bertz CT molecular complexity index is 166. The molecule has 4 heteroatoms. The molecule has 2 aliphatic heterocycles. The van der Waals surface area contributed by atoms with Gasteiger partial charge < -0.3 is 9.16 Å². The van der Waals surface area contributed by atoms with Crippen molar-refractivity contribution in [3.8, 4) is 0 Å². The Kier molecular flexibility index (Phi) is 2.23. The van der Waals surface area contributed by atoms with E-state index in [4.69, 9.17) is 9.16 Å². The number of nitrogens with zero attached hydrogens (tertiary/aromatic N) is 1. The molecule has 2 rings (SSSR count).